The summed E-state index contributed by atoms with van der Waals surface area (Å²) in [6, 6.07) is 16.7. The number of aromatic nitrogens is 3. The summed E-state index contributed by atoms with van der Waals surface area (Å²) in [5.41, 5.74) is 2.76. The van der Waals surface area contributed by atoms with E-state index in [9.17, 15) is 18.3 Å². The third-order valence-corrected chi connectivity index (χ3v) is 6.48. The summed E-state index contributed by atoms with van der Waals surface area (Å²) in [6.45, 7) is 4.78. The van der Waals surface area contributed by atoms with Gasteiger partial charge in [-0.05, 0) is 67.8 Å². The van der Waals surface area contributed by atoms with Crippen molar-refractivity contribution in [1.82, 2.24) is 19.9 Å². The fraction of sp³-hybridized carbons (Fsp3) is 0.241. The molecule has 7 nitrogen and oxygen atoms in total. The number of anilines is 1. The Kier molecular flexibility index (Phi) is 8.89. The Hall–Kier alpha value is -4.18. The number of alkyl halides is 3. The van der Waals surface area contributed by atoms with Gasteiger partial charge in [-0.1, -0.05) is 35.9 Å². The number of benzene rings is 2. The summed E-state index contributed by atoms with van der Waals surface area (Å²) in [7, 11) is 0. The van der Waals surface area contributed by atoms with Crippen molar-refractivity contribution in [2.75, 3.05) is 11.9 Å². The molecule has 0 amide bonds. The Morgan fingerprint density at radius 3 is 2.52 bits per heavy atom. The maximum absolute atomic E-state index is 12.9. The van der Waals surface area contributed by atoms with Crippen LogP contribution in [0.3, 0.4) is 0 Å². The predicted molar refractivity (Wildman–Crippen MR) is 150 cm³/mol. The van der Waals surface area contributed by atoms with Crippen molar-refractivity contribution in [2.45, 2.75) is 39.0 Å². The zero-order valence-corrected chi connectivity index (χ0v) is 22.6. The number of hydrogen-bond acceptors (Lipinski definition) is 6. The SMILES string of the molecule is CC(C)N(Cc1cccc(-c2ccnc(NCCc3ccc(O)c(Cl)c3)n2)c1)C(=N)c1ccc(C(F)(F)F)nc1. The quantitative estimate of drug-likeness (QED) is 0.152. The van der Waals surface area contributed by atoms with Gasteiger partial charge in [0.25, 0.3) is 0 Å². The van der Waals surface area contributed by atoms with Crippen LogP contribution in [0.2, 0.25) is 5.02 Å². The molecule has 2 aromatic carbocycles. The van der Waals surface area contributed by atoms with Gasteiger partial charge in [0, 0.05) is 42.7 Å². The number of rotatable bonds is 9. The van der Waals surface area contributed by atoms with Gasteiger partial charge < -0.3 is 15.3 Å². The second kappa shape index (κ2) is 12.3. The molecule has 3 N–H and O–H groups in total. The monoisotopic (exact) mass is 568 g/mol. The van der Waals surface area contributed by atoms with Crippen molar-refractivity contribution in [3.8, 4) is 17.0 Å². The molecule has 0 aliphatic rings. The third-order valence-electron chi connectivity index (χ3n) is 6.18. The highest BCUT2D eigenvalue weighted by atomic mass is 35.5. The molecule has 40 heavy (non-hydrogen) atoms. The molecule has 0 unspecified atom stereocenters. The van der Waals surface area contributed by atoms with Crippen LogP contribution in [-0.4, -0.2) is 43.4 Å². The Labute approximate surface area is 235 Å². The molecular weight excluding hydrogens is 541 g/mol. The van der Waals surface area contributed by atoms with E-state index in [1.165, 1.54) is 6.07 Å². The molecule has 0 bridgehead atoms. The third kappa shape index (κ3) is 7.26. The molecule has 4 rings (SSSR count). The lowest BCUT2D eigenvalue weighted by Gasteiger charge is -2.29. The molecular formula is C29H28ClF3N6O. The summed E-state index contributed by atoms with van der Waals surface area (Å²) in [5, 5.41) is 21.7. The van der Waals surface area contributed by atoms with E-state index in [0.717, 1.165) is 29.0 Å². The molecule has 0 fully saturated rings. The highest BCUT2D eigenvalue weighted by molar-refractivity contribution is 6.32. The normalized spacial score (nSPS) is 11.5. The van der Waals surface area contributed by atoms with Crippen LogP contribution in [0.4, 0.5) is 19.1 Å². The molecule has 0 aliphatic heterocycles. The fourth-order valence-corrected chi connectivity index (χ4v) is 4.25. The molecule has 0 saturated heterocycles. The average Bonchev–Trinajstić information content (AvgIpc) is 2.93. The van der Waals surface area contributed by atoms with Crippen molar-refractivity contribution >= 4 is 23.4 Å². The number of nitrogens with zero attached hydrogens (tertiary/aromatic N) is 4. The molecule has 4 aromatic rings. The van der Waals surface area contributed by atoms with E-state index in [-0.39, 0.29) is 17.6 Å². The van der Waals surface area contributed by atoms with Gasteiger partial charge in [-0.25, -0.2) is 9.97 Å². The number of phenolic OH excluding ortho intramolecular Hbond substituents is 1. The van der Waals surface area contributed by atoms with Crippen LogP contribution in [0.5, 0.6) is 5.75 Å². The maximum atomic E-state index is 12.9. The van der Waals surface area contributed by atoms with E-state index in [4.69, 9.17) is 17.0 Å². The van der Waals surface area contributed by atoms with E-state index in [0.29, 0.717) is 41.7 Å². The topological polar surface area (TPSA) is 98.0 Å². The van der Waals surface area contributed by atoms with Crippen LogP contribution in [-0.2, 0) is 19.1 Å². The van der Waals surface area contributed by atoms with Gasteiger partial charge >= 0.3 is 6.18 Å². The minimum absolute atomic E-state index is 0.0431. The number of halogens is 4. The minimum Gasteiger partial charge on any atom is -0.506 e. The molecule has 0 aliphatic carbocycles. The summed E-state index contributed by atoms with van der Waals surface area (Å²) < 4.78 is 38.7. The highest BCUT2D eigenvalue weighted by Crippen LogP contribution is 2.28. The predicted octanol–water partition coefficient (Wildman–Crippen LogP) is 6.81. The van der Waals surface area contributed by atoms with Crippen LogP contribution in [0, 0.1) is 5.41 Å². The zero-order valence-electron chi connectivity index (χ0n) is 21.9. The maximum Gasteiger partial charge on any atom is 0.433 e. The number of phenols is 1. The van der Waals surface area contributed by atoms with Gasteiger partial charge in [0.1, 0.15) is 17.3 Å². The van der Waals surface area contributed by atoms with E-state index in [1.807, 2.05) is 38.1 Å². The largest absolute Gasteiger partial charge is 0.506 e. The van der Waals surface area contributed by atoms with E-state index in [1.54, 1.807) is 35.4 Å². The first-order valence-corrected chi connectivity index (χ1v) is 12.9. The molecule has 0 radical (unpaired) electrons. The number of nitrogens with one attached hydrogen (secondary N) is 2. The van der Waals surface area contributed by atoms with Crippen LogP contribution in [0.15, 0.2) is 73.1 Å². The Morgan fingerprint density at radius 2 is 1.85 bits per heavy atom. The van der Waals surface area contributed by atoms with Crippen molar-refractivity contribution in [3.05, 3.63) is 100 Å². The summed E-state index contributed by atoms with van der Waals surface area (Å²) >= 11 is 5.98. The van der Waals surface area contributed by atoms with Gasteiger partial charge in [0.2, 0.25) is 5.95 Å². The lowest BCUT2D eigenvalue weighted by Crippen LogP contribution is -2.36. The lowest BCUT2D eigenvalue weighted by atomic mass is 10.1. The smallest absolute Gasteiger partial charge is 0.433 e. The first-order chi connectivity index (χ1) is 19.0. The number of hydrogen-bond donors (Lipinski definition) is 3. The molecule has 208 valence electrons. The summed E-state index contributed by atoms with van der Waals surface area (Å²) in [4.78, 5) is 14.2. The number of aromatic hydroxyl groups is 1. The number of amidine groups is 1. The highest BCUT2D eigenvalue weighted by Gasteiger charge is 2.32. The molecule has 0 atom stereocenters. The number of pyridine rings is 1. The lowest BCUT2D eigenvalue weighted by molar-refractivity contribution is -0.141. The first-order valence-electron chi connectivity index (χ1n) is 12.5. The van der Waals surface area contributed by atoms with Gasteiger partial charge in [-0.15, -0.1) is 0 Å². The minimum atomic E-state index is -4.53. The van der Waals surface area contributed by atoms with Crippen LogP contribution >= 0.6 is 11.6 Å². The van der Waals surface area contributed by atoms with Crippen molar-refractivity contribution in [3.63, 3.8) is 0 Å². The van der Waals surface area contributed by atoms with Crippen molar-refractivity contribution in [2.24, 2.45) is 0 Å². The second-order valence-corrected chi connectivity index (χ2v) is 9.84. The molecule has 11 heteroatoms. The standard InChI is InChI=1S/C29H28ClF3N6O/c1-18(2)39(27(34)22-7-9-26(37-16-22)29(31,32)33)17-20-4-3-5-21(14-20)24-11-13-36-28(38-24)35-12-10-19-6-8-25(40)23(30)15-19/h3-9,11,13-16,18,34,40H,10,12,17H2,1-2H3,(H,35,36,38). The van der Waals surface area contributed by atoms with Gasteiger partial charge in [-0.3, -0.25) is 10.4 Å². The molecule has 2 aromatic heterocycles. The zero-order chi connectivity index (χ0) is 28.9. The Morgan fingerprint density at radius 1 is 1.05 bits per heavy atom. The van der Waals surface area contributed by atoms with Crippen LogP contribution < -0.4 is 5.32 Å². The first kappa shape index (κ1) is 28.8. The molecule has 0 spiro atoms. The van der Waals surface area contributed by atoms with Gasteiger partial charge in [0.05, 0.1) is 10.7 Å². The summed E-state index contributed by atoms with van der Waals surface area (Å²) in [6.07, 6.45) is -1.12. The molecule has 0 saturated carbocycles. The fourth-order valence-electron chi connectivity index (χ4n) is 4.04. The summed E-state index contributed by atoms with van der Waals surface area (Å²) in [5.74, 6) is 0.597. The van der Waals surface area contributed by atoms with Crippen molar-refractivity contribution in [1.29, 1.82) is 5.41 Å². The van der Waals surface area contributed by atoms with Crippen LogP contribution in [0.25, 0.3) is 11.3 Å². The molecule has 2 heterocycles. The van der Waals surface area contributed by atoms with Gasteiger partial charge in [-0.2, -0.15) is 13.2 Å². The Balaban J connectivity index is 1.45. The van der Waals surface area contributed by atoms with E-state index >= 15 is 0 Å². The van der Waals surface area contributed by atoms with E-state index in [2.05, 4.69) is 20.3 Å². The van der Waals surface area contributed by atoms with Crippen LogP contribution in [0.1, 0.15) is 36.2 Å². The van der Waals surface area contributed by atoms with Gasteiger partial charge in [0.15, 0.2) is 0 Å². The second-order valence-electron chi connectivity index (χ2n) is 9.43. The average molecular weight is 569 g/mol. The Bertz CT molecular complexity index is 1480. The van der Waals surface area contributed by atoms with Crippen molar-refractivity contribution < 1.29 is 18.3 Å². The van der Waals surface area contributed by atoms with E-state index < -0.39 is 11.9 Å².